The van der Waals surface area contributed by atoms with E-state index in [0.29, 0.717) is 16.9 Å². The summed E-state index contributed by atoms with van der Waals surface area (Å²) >= 11 is 0. The smallest absolute Gasteiger partial charge is 0.237 e. The normalized spacial score (nSPS) is 12.0. The maximum Gasteiger partial charge on any atom is 0.237 e. The summed E-state index contributed by atoms with van der Waals surface area (Å²) in [7, 11) is 0. The molecule has 6 heteroatoms. The Balaban J connectivity index is 1.38. The number of aryl methyl sites for hydroxylation is 8. The van der Waals surface area contributed by atoms with Crippen LogP contribution in [0.25, 0.3) is 115 Å². The van der Waals surface area contributed by atoms with Crippen LogP contribution in [0.15, 0.2) is 146 Å². The minimum Gasteiger partial charge on any atom is -0.318 e. The second kappa shape index (κ2) is 19.0. The minimum atomic E-state index is 0.411. The fourth-order valence-corrected chi connectivity index (χ4v) is 12.9. The molecule has 4 aromatic heterocycles. The third kappa shape index (κ3) is 7.12. The predicted octanol–water partition coefficient (Wildman–Crippen LogP) is 19.0. The van der Waals surface area contributed by atoms with E-state index < -0.39 is 0 Å². The molecule has 78 heavy (non-hydrogen) atoms. The van der Waals surface area contributed by atoms with Crippen molar-refractivity contribution in [3.8, 4) is 28.8 Å². The van der Waals surface area contributed by atoms with E-state index in [1.165, 1.54) is 44.5 Å². The Labute approximate surface area is 456 Å². The molecule has 13 aromatic rings. The van der Waals surface area contributed by atoms with E-state index in [9.17, 15) is 11.8 Å². The molecule has 0 radical (unpaired) electrons. The van der Waals surface area contributed by atoms with E-state index in [2.05, 4.69) is 225 Å². The quantitative estimate of drug-likeness (QED) is 0.113. The molecule has 0 fully saturated rings. The lowest BCUT2D eigenvalue weighted by molar-refractivity contribution is 1.03. The van der Waals surface area contributed by atoms with E-state index >= 15 is 0 Å². The standard InChI is InChI=1S/C72H64N6/c1-10-43-18-26-60-51(34-43)52-35-44(11-2)19-27-61(52)75(60)69-59(42-73)70(76-62-28-20-45(12-3)36-53(62)54-37-46(13-4)21-29-63(54)76)72(78-66-32-24-49(16-7)40-57(66)58-41-50(17-8)25-33-67(58)78)71(68(69)74-9)77-64-30-22-47(14-5)38-55(64)56-39-48(15-6)23-31-65(56)77/h18-41H,10-17H2,1-8H3. The van der Waals surface area contributed by atoms with Crippen molar-refractivity contribution in [1.29, 1.82) is 5.26 Å². The molecule has 0 aliphatic heterocycles. The van der Waals surface area contributed by atoms with Crippen LogP contribution in [-0.2, 0) is 51.4 Å². The Hall–Kier alpha value is -8.84. The van der Waals surface area contributed by atoms with Crippen molar-refractivity contribution in [1.82, 2.24) is 18.3 Å². The van der Waals surface area contributed by atoms with Crippen LogP contribution in [0.2, 0.25) is 0 Å². The van der Waals surface area contributed by atoms with Gasteiger partial charge in [0.05, 0.1) is 79.0 Å². The van der Waals surface area contributed by atoms with Gasteiger partial charge in [-0.3, -0.25) is 0 Å². The second-order valence-corrected chi connectivity index (χ2v) is 21.3. The number of hydrogen-bond donors (Lipinski definition) is 0. The fourth-order valence-electron chi connectivity index (χ4n) is 12.9. The number of rotatable bonds is 12. The van der Waals surface area contributed by atoms with E-state index in [1.807, 2.05) is 0 Å². The van der Waals surface area contributed by atoms with Crippen molar-refractivity contribution in [3.05, 3.63) is 207 Å². The van der Waals surface area contributed by atoms with Crippen LogP contribution in [0.4, 0.5) is 5.69 Å². The van der Waals surface area contributed by atoms with Crippen LogP contribution >= 0.6 is 0 Å². The summed E-state index contributed by atoms with van der Waals surface area (Å²) in [5, 5.41) is 21.8. The minimum absolute atomic E-state index is 0.411. The Morgan fingerprint density at radius 1 is 0.308 bits per heavy atom. The summed E-state index contributed by atoms with van der Waals surface area (Å²) in [5.74, 6) is 0. The number of nitriles is 1. The molecule has 0 N–H and O–H groups in total. The summed E-state index contributed by atoms with van der Waals surface area (Å²) in [6.45, 7) is 27.7. The van der Waals surface area contributed by atoms with Crippen LogP contribution in [0.3, 0.4) is 0 Å². The number of nitrogens with zero attached hydrogens (tertiary/aromatic N) is 6. The molecule has 0 saturated carbocycles. The van der Waals surface area contributed by atoms with Crippen LogP contribution in [-0.4, -0.2) is 18.3 Å². The third-order valence-electron chi connectivity index (χ3n) is 17.3. The first kappa shape index (κ1) is 48.8. The highest BCUT2D eigenvalue weighted by Gasteiger charge is 2.35. The van der Waals surface area contributed by atoms with Gasteiger partial charge in [-0.2, -0.15) is 5.26 Å². The molecule has 0 aliphatic carbocycles. The molecule has 0 spiro atoms. The Kier molecular flexibility index (Phi) is 11.9. The van der Waals surface area contributed by atoms with Gasteiger partial charge in [0.25, 0.3) is 0 Å². The van der Waals surface area contributed by atoms with Gasteiger partial charge in [-0.15, -0.1) is 0 Å². The van der Waals surface area contributed by atoms with Crippen LogP contribution < -0.4 is 0 Å². The van der Waals surface area contributed by atoms with Crippen molar-refractivity contribution in [2.45, 2.75) is 107 Å². The number of benzene rings is 9. The first-order valence-corrected chi connectivity index (χ1v) is 28.5. The largest absolute Gasteiger partial charge is 0.318 e. The molecule has 0 amide bonds. The topological polar surface area (TPSA) is 47.9 Å². The molecule has 9 aromatic carbocycles. The molecule has 382 valence electrons. The van der Waals surface area contributed by atoms with Gasteiger partial charge in [0, 0.05) is 43.1 Å². The molecular weight excluding hydrogens is 949 g/mol. The van der Waals surface area contributed by atoms with Crippen molar-refractivity contribution >= 4 is 92.9 Å². The molecule has 0 aliphatic rings. The van der Waals surface area contributed by atoms with Crippen molar-refractivity contribution in [3.63, 3.8) is 0 Å². The third-order valence-corrected chi connectivity index (χ3v) is 17.3. The molecule has 0 atom stereocenters. The molecule has 0 unspecified atom stereocenters. The monoisotopic (exact) mass is 1010 g/mol. The zero-order valence-corrected chi connectivity index (χ0v) is 46.2. The molecule has 0 saturated heterocycles. The SMILES string of the molecule is [C-]#[N+]c1c(-n2c3ccc(CC)cc3c3cc(CC)ccc32)c(C#N)c(-n2c3ccc(CC)cc3c3cc(CC)ccc32)c(-n2c3ccc(CC)cc3c3cc(CC)ccc32)c1-n1c2ccc(CC)cc2c2cc(CC)ccc21. The highest BCUT2D eigenvalue weighted by atomic mass is 15.1. The van der Waals surface area contributed by atoms with Crippen molar-refractivity contribution < 1.29 is 0 Å². The average molecular weight is 1010 g/mol. The lowest BCUT2D eigenvalue weighted by Gasteiger charge is -2.27. The first-order chi connectivity index (χ1) is 38.2. The van der Waals surface area contributed by atoms with E-state index in [1.54, 1.807) is 0 Å². The summed E-state index contributed by atoms with van der Waals surface area (Å²) in [6.07, 6.45) is 7.11. The lowest BCUT2D eigenvalue weighted by atomic mass is 10.0. The summed E-state index contributed by atoms with van der Waals surface area (Å²) in [4.78, 5) is 4.87. The first-order valence-electron chi connectivity index (χ1n) is 28.5. The Morgan fingerprint density at radius 2 is 0.513 bits per heavy atom. The Morgan fingerprint density at radius 3 is 0.718 bits per heavy atom. The maximum absolute atomic E-state index is 12.7. The molecule has 4 heterocycles. The fraction of sp³-hybridized carbons (Fsp3) is 0.222. The van der Waals surface area contributed by atoms with E-state index in [0.717, 1.165) is 156 Å². The van der Waals surface area contributed by atoms with Gasteiger partial charge >= 0.3 is 0 Å². The molecule has 0 bridgehead atoms. The number of fused-ring (bicyclic) bond motifs is 12. The summed E-state index contributed by atoms with van der Waals surface area (Å²) in [5.41, 5.74) is 21.7. The van der Waals surface area contributed by atoms with Gasteiger partial charge in [-0.25, -0.2) is 4.85 Å². The summed E-state index contributed by atoms with van der Waals surface area (Å²) < 4.78 is 9.50. The van der Waals surface area contributed by atoms with Gasteiger partial charge in [0.1, 0.15) is 6.07 Å². The van der Waals surface area contributed by atoms with Gasteiger partial charge < -0.3 is 18.3 Å². The van der Waals surface area contributed by atoms with Crippen LogP contribution in [0.1, 0.15) is 105 Å². The van der Waals surface area contributed by atoms with Gasteiger partial charge in [0.2, 0.25) is 5.69 Å². The average Bonchev–Trinajstić information content (AvgIpc) is 4.40. The maximum atomic E-state index is 12.7. The molecule has 6 nitrogen and oxygen atoms in total. The van der Waals surface area contributed by atoms with Crippen LogP contribution in [0, 0.1) is 17.9 Å². The van der Waals surface area contributed by atoms with Crippen LogP contribution in [0.5, 0.6) is 0 Å². The Bertz CT molecular complexity index is 4330. The van der Waals surface area contributed by atoms with Crippen molar-refractivity contribution in [2.24, 2.45) is 0 Å². The number of hydrogen-bond acceptors (Lipinski definition) is 1. The second-order valence-electron chi connectivity index (χ2n) is 21.3. The van der Waals surface area contributed by atoms with E-state index in [4.69, 9.17) is 4.85 Å². The summed E-state index contributed by atoms with van der Waals surface area (Å²) in [6, 6.07) is 57.9. The molecular formula is C72H64N6. The van der Waals surface area contributed by atoms with Crippen molar-refractivity contribution in [2.75, 3.05) is 0 Å². The zero-order chi connectivity index (χ0) is 53.7. The van der Waals surface area contributed by atoms with E-state index in [-0.39, 0.29) is 0 Å². The van der Waals surface area contributed by atoms with Gasteiger partial charge in [-0.1, -0.05) is 104 Å². The van der Waals surface area contributed by atoms with Gasteiger partial charge in [-0.05, 0) is 193 Å². The lowest BCUT2D eigenvalue weighted by Crippen LogP contribution is -2.14. The highest BCUT2D eigenvalue weighted by Crippen LogP contribution is 2.52. The zero-order valence-electron chi connectivity index (χ0n) is 46.2. The highest BCUT2D eigenvalue weighted by molar-refractivity contribution is 6.17. The number of aromatic nitrogens is 4. The van der Waals surface area contributed by atoms with Gasteiger partial charge in [0.15, 0.2) is 0 Å². The molecule has 13 rings (SSSR count). The predicted molar refractivity (Wildman–Crippen MR) is 330 cm³/mol.